The predicted molar refractivity (Wildman–Crippen MR) is 65.7 cm³/mol. The summed E-state index contributed by atoms with van der Waals surface area (Å²) in [7, 11) is 0. The molecule has 1 aliphatic rings. The molecular formula is C11H17N5O2. The zero-order valence-electron chi connectivity index (χ0n) is 10.1. The van der Waals surface area contributed by atoms with Crippen molar-refractivity contribution in [2.75, 3.05) is 25.2 Å². The molecule has 0 aliphatic carbocycles. The molecule has 1 amide bonds. The predicted octanol–water partition coefficient (Wildman–Crippen LogP) is -0.0814. The van der Waals surface area contributed by atoms with Gasteiger partial charge in [-0.2, -0.15) is 0 Å². The summed E-state index contributed by atoms with van der Waals surface area (Å²) in [6.45, 7) is 2.20. The van der Waals surface area contributed by atoms with Gasteiger partial charge in [-0.1, -0.05) is 0 Å². The molecule has 1 saturated heterocycles. The van der Waals surface area contributed by atoms with E-state index >= 15 is 0 Å². The summed E-state index contributed by atoms with van der Waals surface area (Å²) in [5.74, 6) is 5.87. The van der Waals surface area contributed by atoms with Crippen LogP contribution in [-0.2, 0) is 4.74 Å². The van der Waals surface area contributed by atoms with E-state index in [1.165, 1.54) is 12.4 Å². The molecule has 2 rings (SSSR count). The highest BCUT2D eigenvalue weighted by Crippen LogP contribution is 2.13. The fourth-order valence-electron chi connectivity index (χ4n) is 1.80. The van der Waals surface area contributed by atoms with Crippen LogP contribution in [0.1, 0.15) is 23.3 Å². The Labute approximate surface area is 105 Å². The largest absolute Gasteiger partial charge is 0.381 e. The lowest BCUT2D eigenvalue weighted by Gasteiger charge is -2.21. The molecule has 1 fully saturated rings. The number of nitrogens with two attached hydrogens (primary N) is 1. The third-order valence-electron chi connectivity index (χ3n) is 2.92. The van der Waals surface area contributed by atoms with Crippen molar-refractivity contribution in [2.24, 2.45) is 11.8 Å². The molecule has 0 unspecified atom stereocenters. The topological polar surface area (TPSA) is 102 Å². The highest BCUT2D eigenvalue weighted by Gasteiger charge is 2.15. The Balaban J connectivity index is 1.82. The van der Waals surface area contributed by atoms with Crippen molar-refractivity contribution >= 4 is 11.7 Å². The molecule has 0 aromatic carbocycles. The molecule has 7 heteroatoms. The second kappa shape index (κ2) is 6.27. The lowest BCUT2D eigenvalue weighted by Crippen LogP contribution is -2.32. The van der Waals surface area contributed by atoms with Crippen LogP contribution in [-0.4, -0.2) is 35.6 Å². The maximum atomic E-state index is 11.8. The summed E-state index contributed by atoms with van der Waals surface area (Å²) >= 11 is 0. The summed E-state index contributed by atoms with van der Waals surface area (Å²) in [4.78, 5) is 19.7. The van der Waals surface area contributed by atoms with Gasteiger partial charge in [0.2, 0.25) is 0 Å². The molecule has 1 aromatic rings. The van der Waals surface area contributed by atoms with Crippen molar-refractivity contribution in [3.8, 4) is 0 Å². The fraction of sp³-hybridized carbons (Fsp3) is 0.545. The Morgan fingerprint density at radius 1 is 1.39 bits per heavy atom. The molecule has 0 radical (unpaired) electrons. The van der Waals surface area contributed by atoms with Gasteiger partial charge in [-0.05, 0) is 18.8 Å². The summed E-state index contributed by atoms with van der Waals surface area (Å²) in [5, 5.41) is 2.86. The number of nitrogens with zero attached hydrogens (tertiary/aromatic N) is 2. The number of carbonyl (C=O) groups is 1. The van der Waals surface area contributed by atoms with Gasteiger partial charge in [0.15, 0.2) is 5.82 Å². The third-order valence-corrected chi connectivity index (χ3v) is 2.92. The van der Waals surface area contributed by atoms with E-state index in [4.69, 9.17) is 10.6 Å². The number of aromatic nitrogens is 2. The molecule has 1 aromatic heterocycles. The van der Waals surface area contributed by atoms with E-state index in [2.05, 4.69) is 20.7 Å². The van der Waals surface area contributed by atoms with Crippen LogP contribution in [0.5, 0.6) is 0 Å². The van der Waals surface area contributed by atoms with Gasteiger partial charge in [0.25, 0.3) is 5.91 Å². The second-order valence-electron chi connectivity index (χ2n) is 4.20. The first-order valence-electron chi connectivity index (χ1n) is 5.94. The van der Waals surface area contributed by atoms with Crippen LogP contribution < -0.4 is 16.6 Å². The SMILES string of the molecule is NNc1cnc(C(=O)NCC2CCOCC2)cn1. The average molecular weight is 251 g/mol. The van der Waals surface area contributed by atoms with Crippen LogP contribution in [0.15, 0.2) is 12.4 Å². The van der Waals surface area contributed by atoms with Gasteiger partial charge in [0.1, 0.15) is 5.69 Å². The zero-order chi connectivity index (χ0) is 12.8. The molecule has 18 heavy (non-hydrogen) atoms. The maximum absolute atomic E-state index is 11.8. The quantitative estimate of drug-likeness (QED) is 0.511. The van der Waals surface area contributed by atoms with Gasteiger partial charge in [0, 0.05) is 19.8 Å². The molecule has 0 saturated carbocycles. The molecule has 0 spiro atoms. The molecule has 0 bridgehead atoms. The number of hydrogen-bond donors (Lipinski definition) is 3. The van der Waals surface area contributed by atoms with E-state index < -0.39 is 0 Å². The Bertz CT molecular complexity index is 389. The Kier molecular flexibility index (Phi) is 4.43. The minimum absolute atomic E-state index is 0.211. The minimum Gasteiger partial charge on any atom is -0.381 e. The Hall–Kier alpha value is -1.73. The first-order chi connectivity index (χ1) is 8.79. The summed E-state index contributed by atoms with van der Waals surface area (Å²) in [6, 6.07) is 0. The molecular weight excluding hydrogens is 234 g/mol. The normalized spacial score (nSPS) is 16.3. The molecule has 2 heterocycles. The molecule has 4 N–H and O–H groups in total. The van der Waals surface area contributed by atoms with E-state index in [9.17, 15) is 4.79 Å². The smallest absolute Gasteiger partial charge is 0.271 e. The van der Waals surface area contributed by atoms with E-state index in [-0.39, 0.29) is 5.91 Å². The van der Waals surface area contributed by atoms with Gasteiger partial charge < -0.3 is 15.5 Å². The Morgan fingerprint density at radius 2 is 2.17 bits per heavy atom. The van der Waals surface area contributed by atoms with Gasteiger partial charge in [-0.25, -0.2) is 15.8 Å². The lowest BCUT2D eigenvalue weighted by atomic mass is 10.0. The summed E-state index contributed by atoms with van der Waals surface area (Å²) in [6.07, 6.45) is 4.79. The number of carbonyl (C=O) groups excluding carboxylic acids is 1. The first-order valence-corrected chi connectivity index (χ1v) is 5.94. The van der Waals surface area contributed by atoms with Crippen LogP contribution in [0.25, 0.3) is 0 Å². The number of hydrogen-bond acceptors (Lipinski definition) is 6. The van der Waals surface area contributed by atoms with Crippen molar-refractivity contribution in [1.82, 2.24) is 15.3 Å². The minimum atomic E-state index is -0.211. The number of amides is 1. The van der Waals surface area contributed by atoms with Gasteiger partial charge >= 0.3 is 0 Å². The van der Waals surface area contributed by atoms with Crippen molar-refractivity contribution in [3.63, 3.8) is 0 Å². The molecule has 98 valence electrons. The monoisotopic (exact) mass is 251 g/mol. The highest BCUT2D eigenvalue weighted by molar-refractivity contribution is 5.91. The highest BCUT2D eigenvalue weighted by atomic mass is 16.5. The zero-order valence-corrected chi connectivity index (χ0v) is 10.1. The van der Waals surface area contributed by atoms with Crippen LogP contribution in [0, 0.1) is 5.92 Å². The van der Waals surface area contributed by atoms with Gasteiger partial charge in [-0.15, -0.1) is 0 Å². The number of hydrazine groups is 1. The number of nitrogen functional groups attached to an aromatic ring is 1. The third kappa shape index (κ3) is 3.38. The van der Waals surface area contributed by atoms with Crippen LogP contribution in [0.2, 0.25) is 0 Å². The number of rotatable bonds is 4. The van der Waals surface area contributed by atoms with Crippen LogP contribution in [0.3, 0.4) is 0 Å². The van der Waals surface area contributed by atoms with E-state index in [0.717, 1.165) is 26.1 Å². The van der Waals surface area contributed by atoms with Gasteiger partial charge in [0.05, 0.1) is 12.4 Å². The van der Waals surface area contributed by atoms with Crippen LogP contribution >= 0.6 is 0 Å². The molecule has 7 nitrogen and oxygen atoms in total. The van der Waals surface area contributed by atoms with Crippen LogP contribution in [0.4, 0.5) is 5.82 Å². The van der Waals surface area contributed by atoms with E-state index in [1.807, 2.05) is 0 Å². The van der Waals surface area contributed by atoms with E-state index in [0.29, 0.717) is 24.0 Å². The first kappa shape index (κ1) is 12.7. The van der Waals surface area contributed by atoms with E-state index in [1.54, 1.807) is 0 Å². The van der Waals surface area contributed by atoms with Gasteiger partial charge in [-0.3, -0.25) is 4.79 Å². The summed E-state index contributed by atoms with van der Waals surface area (Å²) < 4.78 is 5.26. The standard InChI is InChI=1S/C11H17N5O2/c12-16-10-7-13-9(6-14-10)11(17)15-5-8-1-3-18-4-2-8/h6-8H,1-5,12H2,(H,14,16)(H,15,17). The fourth-order valence-corrected chi connectivity index (χ4v) is 1.80. The Morgan fingerprint density at radius 3 is 2.78 bits per heavy atom. The molecule has 0 atom stereocenters. The molecule has 1 aliphatic heterocycles. The number of anilines is 1. The van der Waals surface area contributed by atoms with Crippen molar-refractivity contribution in [1.29, 1.82) is 0 Å². The average Bonchev–Trinajstić information content (AvgIpc) is 2.46. The number of nitrogens with one attached hydrogen (secondary N) is 2. The second-order valence-corrected chi connectivity index (χ2v) is 4.20. The van der Waals surface area contributed by atoms with Crippen molar-refractivity contribution in [3.05, 3.63) is 18.1 Å². The summed E-state index contributed by atoms with van der Waals surface area (Å²) in [5.41, 5.74) is 2.65. The van der Waals surface area contributed by atoms with Crippen molar-refractivity contribution in [2.45, 2.75) is 12.8 Å². The maximum Gasteiger partial charge on any atom is 0.271 e. The number of ether oxygens (including phenoxy) is 1. The van der Waals surface area contributed by atoms with Crippen molar-refractivity contribution < 1.29 is 9.53 Å². The lowest BCUT2D eigenvalue weighted by molar-refractivity contribution is 0.0642.